The molecule has 1 aromatic heterocycles. The van der Waals surface area contributed by atoms with E-state index in [-0.39, 0.29) is 0 Å². The van der Waals surface area contributed by atoms with E-state index in [2.05, 4.69) is 23.5 Å². The molecule has 2 N–H and O–H groups in total. The zero-order chi connectivity index (χ0) is 10.6. The Morgan fingerprint density at radius 3 is 2.36 bits per heavy atom. The molecule has 0 radical (unpaired) electrons. The standard InChI is InChI=1S/C6H8N2.C5H9N/c1-5-2-3-6(7)8-4-5;1-5-3-4-6(5)2/h2-4H,1H3,(H2,7,8);1,3-4H2,2H3. The number of nitrogen functional groups attached to an aromatic ring is 1. The predicted molar refractivity (Wildman–Crippen MR) is 59.8 cm³/mol. The number of aromatic nitrogens is 1. The molecule has 1 aliphatic heterocycles. The maximum absolute atomic E-state index is 5.32. The summed E-state index contributed by atoms with van der Waals surface area (Å²) < 4.78 is 0. The summed E-state index contributed by atoms with van der Waals surface area (Å²) in [6, 6.07) is 3.72. The van der Waals surface area contributed by atoms with Crippen molar-refractivity contribution in [2.75, 3.05) is 19.3 Å². The molecule has 1 aliphatic rings. The highest BCUT2D eigenvalue weighted by Gasteiger charge is 2.10. The Labute approximate surface area is 85.3 Å². The fourth-order valence-electron chi connectivity index (χ4n) is 0.973. The summed E-state index contributed by atoms with van der Waals surface area (Å²) in [6.07, 6.45) is 2.95. The van der Waals surface area contributed by atoms with Gasteiger partial charge in [-0.2, -0.15) is 0 Å². The lowest BCUT2D eigenvalue weighted by Crippen LogP contribution is -2.29. The van der Waals surface area contributed by atoms with Crippen molar-refractivity contribution >= 4 is 5.82 Å². The molecule has 0 saturated carbocycles. The van der Waals surface area contributed by atoms with Crippen LogP contribution in [0.4, 0.5) is 5.82 Å². The minimum Gasteiger partial charge on any atom is -0.384 e. The molecule has 0 aromatic carbocycles. The Bertz CT molecular complexity index is 282. The monoisotopic (exact) mass is 191 g/mol. The highest BCUT2D eigenvalue weighted by molar-refractivity contribution is 5.28. The van der Waals surface area contributed by atoms with Crippen LogP contribution in [0, 0.1) is 6.92 Å². The lowest BCUT2D eigenvalue weighted by molar-refractivity contribution is 0.315. The first-order chi connectivity index (χ1) is 6.59. The average molecular weight is 191 g/mol. The van der Waals surface area contributed by atoms with Crippen LogP contribution >= 0.6 is 0 Å². The van der Waals surface area contributed by atoms with Crippen molar-refractivity contribution in [3.05, 3.63) is 36.2 Å². The van der Waals surface area contributed by atoms with Crippen molar-refractivity contribution in [3.8, 4) is 0 Å². The Hall–Kier alpha value is -1.51. The molecule has 2 rings (SSSR count). The van der Waals surface area contributed by atoms with E-state index in [9.17, 15) is 0 Å². The zero-order valence-electron chi connectivity index (χ0n) is 8.83. The van der Waals surface area contributed by atoms with Crippen molar-refractivity contribution in [1.82, 2.24) is 9.88 Å². The maximum atomic E-state index is 5.32. The number of rotatable bonds is 0. The molecule has 1 aromatic rings. The second-order valence-corrected chi connectivity index (χ2v) is 3.50. The van der Waals surface area contributed by atoms with Gasteiger partial charge in [0.15, 0.2) is 0 Å². The number of hydrogen-bond acceptors (Lipinski definition) is 3. The van der Waals surface area contributed by atoms with Crippen LogP contribution in [0.15, 0.2) is 30.6 Å². The summed E-state index contributed by atoms with van der Waals surface area (Å²) in [7, 11) is 2.06. The molecular weight excluding hydrogens is 174 g/mol. The summed E-state index contributed by atoms with van der Waals surface area (Å²) in [5.41, 5.74) is 7.73. The first-order valence-electron chi connectivity index (χ1n) is 4.66. The van der Waals surface area contributed by atoms with Crippen molar-refractivity contribution in [3.63, 3.8) is 0 Å². The van der Waals surface area contributed by atoms with Crippen molar-refractivity contribution in [1.29, 1.82) is 0 Å². The number of hydrogen-bond donors (Lipinski definition) is 1. The van der Waals surface area contributed by atoms with E-state index in [1.807, 2.05) is 13.0 Å². The SMILES string of the molecule is C=C1CCN1C.Cc1ccc(N)nc1. The van der Waals surface area contributed by atoms with Crippen molar-refractivity contribution in [2.24, 2.45) is 0 Å². The molecular formula is C11H17N3. The number of anilines is 1. The molecule has 1 fully saturated rings. The van der Waals surface area contributed by atoms with Gasteiger partial charge in [-0.1, -0.05) is 12.6 Å². The first-order valence-corrected chi connectivity index (χ1v) is 4.66. The molecule has 0 amide bonds. The minimum atomic E-state index is 0.579. The van der Waals surface area contributed by atoms with E-state index < -0.39 is 0 Å². The number of nitrogens with zero attached hydrogens (tertiary/aromatic N) is 2. The number of likely N-dealkylation sites (tertiary alicyclic amines) is 1. The fourth-order valence-corrected chi connectivity index (χ4v) is 0.973. The third-order valence-electron chi connectivity index (χ3n) is 2.21. The van der Waals surface area contributed by atoms with Gasteiger partial charge in [0, 0.05) is 31.9 Å². The molecule has 3 nitrogen and oxygen atoms in total. The summed E-state index contributed by atoms with van der Waals surface area (Å²) in [4.78, 5) is 6.01. The first kappa shape index (κ1) is 10.6. The van der Waals surface area contributed by atoms with E-state index >= 15 is 0 Å². The van der Waals surface area contributed by atoms with E-state index in [0.29, 0.717) is 5.82 Å². The van der Waals surface area contributed by atoms with Crippen LogP contribution in [0.25, 0.3) is 0 Å². The van der Waals surface area contributed by atoms with Crippen molar-refractivity contribution < 1.29 is 0 Å². The maximum Gasteiger partial charge on any atom is 0.123 e. The molecule has 0 bridgehead atoms. The number of aryl methyl sites for hydroxylation is 1. The Kier molecular flexibility index (Phi) is 3.51. The predicted octanol–water partition coefficient (Wildman–Crippen LogP) is 1.81. The lowest BCUT2D eigenvalue weighted by atomic mass is 10.2. The van der Waals surface area contributed by atoms with Gasteiger partial charge < -0.3 is 10.6 Å². The van der Waals surface area contributed by atoms with Crippen LogP contribution < -0.4 is 5.73 Å². The highest BCUT2D eigenvalue weighted by atomic mass is 15.2. The molecule has 1 saturated heterocycles. The van der Waals surface area contributed by atoms with Gasteiger partial charge in [-0.15, -0.1) is 0 Å². The van der Waals surface area contributed by atoms with E-state index in [1.54, 1.807) is 12.3 Å². The summed E-state index contributed by atoms with van der Waals surface area (Å²) in [5.74, 6) is 0.579. The summed E-state index contributed by atoms with van der Waals surface area (Å²) >= 11 is 0. The van der Waals surface area contributed by atoms with Gasteiger partial charge in [-0.3, -0.25) is 0 Å². The van der Waals surface area contributed by atoms with Gasteiger partial charge >= 0.3 is 0 Å². The Morgan fingerprint density at radius 1 is 1.50 bits per heavy atom. The van der Waals surface area contributed by atoms with Crippen LogP contribution in [0.5, 0.6) is 0 Å². The van der Waals surface area contributed by atoms with E-state index in [1.165, 1.54) is 18.7 Å². The van der Waals surface area contributed by atoms with Gasteiger partial charge in [-0.25, -0.2) is 4.98 Å². The third-order valence-corrected chi connectivity index (χ3v) is 2.21. The van der Waals surface area contributed by atoms with Gasteiger partial charge in [0.1, 0.15) is 5.82 Å². The third kappa shape index (κ3) is 3.09. The largest absolute Gasteiger partial charge is 0.384 e. The minimum absolute atomic E-state index is 0.579. The zero-order valence-corrected chi connectivity index (χ0v) is 8.83. The van der Waals surface area contributed by atoms with Crippen LogP contribution in [-0.2, 0) is 0 Å². The van der Waals surface area contributed by atoms with Gasteiger partial charge in [0.05, 0.1) is 0 Å². The number of pyridine rings is 1. The Morgan fingerprint density at radius 2 is 2.14 bits per heavy atom. The molecule has 3 heteroatoms. The second kappa shape index (κ2) is 4.65. The Balaban J connectivity index is 0.000000146. The van der Waals surface area contributed by atoms with Gasteiger partial charge in [-0.05, 0) is 18.6 Å². The molecule has 0 spiro atoms. The highest BCUT2D eigenvalue weighted by Crippen LogP contribution is 2.14. The van der Waals surface area contributed by atoms with Gasteiger partial charge in [0.25, 0.3) is 0 Å². The van der Waals surface area contributed by atoms with E-state index in [0.717, 1.165) is 5.56 Å². The normalized spacial score (nSPS) is 14.1. The smallest absolute Gasteiger partial charge is 0.123 e. The lowest BCUT2D eigenvalue weighted by Gasteiger charge is -2.31. The topological polar surface area (TPSA) is 42.1 Å². The fraction of sp³-hybridized carbons (Fsp3) is 0.364. The molecule has 0 aliphatic carbocycles. The van der Waals surface area contributed by atoms with Crippen LogP contribution in [-0.4, -0.2) is 23.5 Å². The molecule has 0 unspecified atom stereocenters. The molecule has 0 atom stereocenters. The molecule has 76 valence electrons. The quantitative estimate of drug-likeness (QED) is 0.680. The number of nitrogens with two attached hydrogens (primary N) is 1. The summed E-state index contributed by atoms with van der Waals surface area (Å²) in [5, 5.41) is 0. The van der Waals surface area contributed by atoms with Crippen LogP contribution in [0.3, 0.4) is 0 Å². The van der Waals surface area contributed by atoms with Gasteiger partial charge in [0.2, 0.25) is 0 Å². The summed E-state index contributed by atoms with van der Waals surface area (Å²) in [6.45, 7) is 6.95. The molecule has 14 heavy (non-hydrogen) atoms. The van der Waals surface area contributed by atoms with E-state index in [4.69, 9.17) is 5.73 Å². The van der Waals surface area contributed by atoms with Crippen LogP contribution in [0.2, 0.25) is 0 Å². The average Bonchev–Trinajstić information content (AvgIpc) is 2.20. The van der Waals surface area contributed by atoms with Crippen molar-refractivity contribution in [2.45, 2.75) is 13.3 Å². The molecule has 2 heterocycles. The second-order valence-electron chi connectivity index (χ2n) is 3.50. The van der Waals surface area contributed by atoms with Crippen LogP contribution in [0.1, 0.15) is 12.0 Å².